The Morgan fingerprint density at radius 3 is 2.41 bits per heavy atom. The first-order valence-corrected chi connectivity index (χ1v) is 13.1. The number of ether oxygens (including phenoxy) is 1. The third kappa shape index (κ3) is 6.84. The van der Waals surface area contributed by atoms with Crippen molar-refractivity contribution >= 4 is 23.4 Å². The fourth-order valence-corrected chi connectivity index (χ4v) is 4.35. The molecule has 0 saturated heterocycles. The largest absolute Gasteiger partial charge is 0.495 e. The second kappa shape index (κ2) is 12.8. The number of nitrogens with one attached hydrogen (secondary N) is 2. The minimum absolute atomic E-state index is 0.111. The summed E-state index contributed by atoms with van der Waals surface area (Å²) >= 11 is 0. The molecule has 4 aromatic rings. The van der Waals surface area contributed by atoms with Crippen molar-refractivity contribution in [3.05, 3.63) is 90.0 Å². The van der Waals surface area contributed by atoms with Crippen LogP contribution in [0, 0.1) is 13.8 Å². The number of methoxy groups -OCH3 is 1. The molecule has 0 saturated carbocycles. The molecule has 0 spiro atoms. The van der Waals surface area contributed by atoms with Crippen molar-refractivity contribution in [2.45, 2.75) is 33.6 Å². The molecule has 8 heteroatoms. The van der Waals surface area contributed by atoms with Gasteiger partial charge >= 0.3 is 6.03 Å². The van der Waals surface area contributed by atoms with Crippen LogP contribution in [0.25, 0.3) is 16.9 Å². The van der Waals surface area contributed by atoms with Gasteiger partial charge in [-0.05, 0) is 44.0 Å². The molecule has 202 valence electrons. The number of urea groups is 1. The number of nitrogens with zero attached hydrogens (tertiary/aromatic N) is 3. The van der Waals surface area contributed by atoms with E-state index >= 15 is 0 Å². The zero-order chi connectivity index (χ0) is 27.8. The van der Waals surface area contributed by atoms with Crippen LogP contribution in [0.4, 0.5) is 16.3 Å². The quantitative estimate of drug-likeness (QED) is 0.249. The third-order valence-corrected chi connectivity index (χ3v) is 6.38. The first-order chi connectivity index (χ1) is 18.9. The molecule has 3 amide bonds. The number of benzene rings is 3. The minimum Gasteiger partial charge on any atom is -0.495 e. The van der Waals surface area contributed by atoms with E-state index < -0.39 is 0 Å². The highest BCUT2D eigenvalue weighted by atomic mass is 16.5. The molecule has 2 N–H and O–H groups in total. The Morgan fingerprint density at radius 1 is 0.949 bits per heavy atom. The SMILES string of the molecule is CCCCN(CC(=O)Nc1cc(-c2ccccc2)nn1-c1ccc(C)cc1C)C(=O)Nc1ccccc1OC. The van der Waals surface area contributed by atoms with Gasteiger partial charge in [0.25, 0.3) is 0 Å². The molecule has 1 aromatic heterocycles. The van der Waals surface area contributed by atoms with Crippen molar-refractivity contribution in [3.8, 4) is 22.7 Å². The lowest BCUT2D eigenvalue weighted by atomic mass is 10.1. The van der Waals surface area contributed by atoms with Crippen LogP contribution in [0.5, 0.6) is 5.75 Å². The maximum Gasteiger partial charge on any atom is 0.322 e. The Morgan fingerprint density at radius 2 is 1.69 bits per heavy atom. The van der Waals surface area contributed by atoms with Crippen LogP contribution in [0.3, 0.4) is 0 Å². The lowest BCUT2D eigenvalue weighted by Crippen LogP contribution is -2.41. The van der Waals surface area contributed by atoms with Gasteiger partial charge in [-0.15, -0.1) is 0 Å². The lowest BCUT2D eigenvalue weighted by molar-refractivity contribution is -0.116. The van der Waals surface area contributed by atoms with E-state index in [0.717, 1.165) is 40.9 Å². The Kier molecular flexibility index (Phi) is 8.99. The number of anilines is 2. The van der Waals surface area contributed by atoms with Crippen molar-refractivity contribution in [1.82, 2.24) is 14.7 Å². The van der Waals surface area contributed by atoms with Gasteiger partial charge in [0.2, 0.25) is 5.91 Å². The van der Waals surface area contributed by atoms with Crippen LogP contribution in [0.1, 0.15) is 30.9 Å². The predicted molar refractivity (Wildman–Crippen MR) is 156 cm³/mol. The highest BCUT2D eigenvalue weighted by Gasteiger charge is 2.21. The number of amides is 3. The van der Waals surface area contributed by atoms with Crippen molar-refractivity contribution in [2.75, 3.05) is 30.8 Å². The van der Waals surface area contributed by atoms with Gasteiger partial charge in [0.1, 0.15) is 18.1 Å². The van der Waals surface area contributed by atoms with Crippen molar-refractivity contribution < 1.29 is 14.3 Å². The van der Waals surface area contributed by atoms with E-state index in [4.69, 9.17) is 9.84 Å². The number of aromatic nitrogens is 2. The van der Waals surface area contributed by atoms with Gasteiger partial charge < -0.3 is 20.3 Å². The Hall–Kier alpha value is -4.59. The van der Waals surface area contributed by atoms with Gasteiger partial charge in [-0.25, -0.2) is 9.48 Å². The topological polar surface area (TPSA) is 88.5 Å². The van der Waals surface area contributed by atoms with Crippen LogP contribution in [-0.2, 0) is 4.79 Å². The molecule has 0 fully saturated rings. The van der Waals surface area contributed by atoms with Gasteiger partial charge in [-0.1, -0.05) is 73.5 Å². The number of carbonyl (C=O) groups is 2. The molecule has 39 heavy (non-hydrogen) atoms. The molecule has 0 unspecified atom stereocenters. The maximum absolute atomic E-state index is 13.3. The van der Waals surface area contributed by atoms with Gasteiger partial charge in [0.15, 0.2) is 0 Å². The van der Waals surface area contributed by atoms with E-state index in [-0.39, 0.29) is 18.5 Å². The van der Waals surface area contributed by atoms with Crippen LogP contribution < -0.4 is 15.4 Å². The second-order valence-electron chi connectivity index (χ2n) is 9.44. The molecule has 3 aromatic carbocycles. The first kappa shape index (κ1) is 27.4. The number of unbranched alkanes of at least 4 members (excludes halogenated alkanes) is 1. The van der Waals surface area contributed by atoms with Crippen LogP contribution in [-0.4, -0.2) is 46.8 Å². The van der Waals surface area contributed by atoms with E-state index in [1.54, 1.807) is 23.9 Å². The average molecular weight is 526 g/mol. The van der Waals surface area contributed by atoms with Crippen molar-refractivity contribution in [3.63, 3.8) is 0 Å². The van der Waals surface area contributed by atoms with E-state index in [2.05, 4.69) is 16.7 Å². The summed E-state index contributed by atoms with van der Waals surface area (Å²) < 4.78 is 7.11. The standard InChI is InChI=1S/C31H35N5O3/c1-5-6-18-35(31(38)32-25-14-10-11-15-28(25)39-4)21-30(37)33-29-20-26(24-12-8-7-9-13-24)34-36(29)27-17-16-22(2)19-23(27)3/h7-17,19-20H,5-6,18,21H2,1-4H3,(H,32,38)(H,33,37). The number of hydrogen-bond donors (Lipinski definition) is 2. The molecule has 0 aliphatic heterocycles. The molecule has 0 aliphatic carbocycles. The fraction of sp³-hybridized carbons (Fsp3) is 0.258. The summed E-state index contributed by atoms with van der Waals surface area (Å²) in [6.45, 7) is 6.44. The van der Waals surface area contributed by atoms with Gasteiger partial charge in [-0.3, -0.25) is 4.79 Å². The summed E-state index contributed by atoms with van der Waals surface area (Å²) in [6, 6.07) is 24.6. The van der Waals surface area contributed by atoms with Crippen LogP contribution in [0.15, 0.2) is 78.9 Å². The smallest absolute Gasteiger partial charge is 0.322 e. The van der Waals surface area contributed by atoms with Crippen LogP contribution >= 0.6 is 0 Å². The van der Waals surface area contributed by atoms with E-state index in [1.165, 1.54) is 4.90 Å². The zero-order valence-electron chi connectivity index (χ0n) is 22.9. The number of hydrogen-bond acceptors (Lipinski definition) is 4. The molecule has 0 radical (unpaired) electrons. The Labute approximate surface area is 229 Å². The number of rotatable bonds is 10. The van der Waals surface area contributed by atoms with Crippen molar-refractivity contribution in [2.24, 2.45) is 0 Å². The second-order valence-corrected chi connectivity index (χ2v) is 9.44. The van der Waals surface area contributed by atoms with Gasteiger partial charge in [0.05, 0.1) is 24.2 Å². The maximum atomic E-state index is 13.3. The first-order valence-electron chi connectivity index (χ1n) is 13.1. The molecule has 0 atom stereocenters. The summed E-state index contributed by atoms with van der Waals surface area (Å²) in [6.07, 6.45) is 1.66. The molecule has 0 bridgehead atoms. The van der Waals surface area contributed by atoms with E-state index in [0.29, 0.717) is 23.8 Å². The molecule has 4 rings (SSSR count). The third-order valence-electron chi connectivity index (χ3n) is 6.38. The lowest BCUT2D eigenvalue weighted by Gasteiger charge is -2.23. The molecule has 0 aliphatic rings. The fourth-order valence-electron chi connectivity index (χ4n) is 4.35. The number of para-hydroxylation sites is 2. The summed E-state index contributed by atoms with van der Waals surface area (Å²) in [5.74, 6) is 0.773. The predicted octanol–water partition coefficient (Wildman–Crippen LogP) is 6.44. The Bertz CT molecular complexity index is 1430. The monoisotopic (exact) mass is 525 g/mol. The van der Waals surface area contributed by atoms with E-state index in [1.807, 2.05) is 81.4 Å². The summed E-state index contributed by atoms with van der Waals surface area (Å²) in [5, 5.41) is 10.7. The zero-order valence-corrected chi connectivity index (χ0v) is 22.9. The van der Waals surface area contributed by atoms with Crippen LogP contribution in [0.2, 0.25) is 0 Å². The van der Waals surface area contributed by atoms with Crippen molar-refractivity contribution in [1.29, 1.82) is 0 Å². The van der Waals surface area contributed by atoms with Gasteiger partial charge in [0, 0.05) is 18.2 Å². The molecular formula is C31H35N5O3. The molecular weight excluding hydrogens is 490 g/mol. The highest BCUT2D eigenvalue weighted by Crippen LogP contribution is 2.27. The molecule has 1 heterocycles. The highest BCUT2D eigenvalue weighted by molar-refractivity contribution is 5.97. The Balaban J connectivity index is 1.59. The van der Waals surface area contributed by atoms with Gasteiger partial charge in [-0.2, -0.15) is 5.10 Å². The normalized spacial score (nSPS) is 10.7. The average Bonchev–Trinajstić information content (AvgIpc) is 3.34. The summed E-state index contributed by atoms with van der Waals surface area (Å²) in [4.78, 5) is 28.0. The summed E-state index contributed by atoms with van der Waals surface area (Å²) in [5.41, 5.74) is 5.28. The summed E-state index contributed by atoms with van der Waals surface area (Å²) in [7, 11) is 1.55. The van der Waals surface area contributed by atoms with E-state index in [9.17, 15) is 9.59 Å². The number of carbonyl (C=O) groups excluding carboxylic acids is 2. The minimum atomic E-state index is -0.365. The number of aryl methyl sites for hydroxylation is 2. The molecule has 8 nitrogen and oxygen atoms in total.